The number of hydrogen-bond acceptors (Lipinski definition) is 4. The molecule has 3 rings (SSSR count). The van der Waals surface area contributed by atoms with E-state index < -0.39 is 5.60 Å². The number of fused-ring (bicyclic) bond motifs is 1. The molecule has 2 heterocycles. The van der Waals surface area contributed by atoms with E-state index in [0.717, 1.165) is 30.4 Å². The van der Waals surface area contributed by atoms with Gasteiger partial charge < -0.3 is 19.9 Å². The van der Waals surface area contributed by atoms with Crippen molar-refractivity contribution in [2.24, 2.45) is 0 Å². The molecule has 1 amide bonds. The third-order valence-electron chi connectivity index (χ3n) is 4.08. The number of nitrogens with zero attached hydrogens (tertiary/aromatic N) is 3. The Labute approximate surface area is 136 Å². The SMILES string of the molecule is CC(C)(C)OC(=O)N1CCCC1Cn1c(N)nc2ccccc21. The topological polar surface area (TPSA) is 73.4 Å². The summed E-state index contributed by atoms with van der Waals surface area (Å²) in [6.07, 6.45) is 1.68. The van der Waals surface area contributed by atoms with Gasteiger partial charge in [0.1, 0.15) is 5.60 Å². The summed E-state index contributed by atoms with van der Waals surface area (Å²) in [6.45, 7) is 7.03. The first-order valence-corrected chi connectivity index (χ1v) is 8.05. The molecule has 23 heavy (non-hydrogen) atoms. The average molecular weight is 316 g/mol. The number of benzene rings is 1. The molecular formula is C17H24N4O2. The Morgan fingerprint density at radius 1 is 1.39 bits per heavy atom. The zero-order valence-electron chi connectivity index (χ0n) is 14.0. The third kappa shape index (κ3) is 3.25. The number of likely N-dealkylation sites (tertiary alicyclic amines) is 1. The van der Waals surface area contributed by atoms with Crippen molar-refractivity contribution >= 4 is 23.1 Å². The van der Waals surface area contributed by atoms with E-state index in [1.165, 1.54) is 0 Å². The summed E-state index contributed by atoms with van der Waals surface area (Å²) in [5, 5.41) is 0. The number of para-hydroxylation sites is 2. The van der Waals surface area contributed by atoms with Gasteiger partial charge in [-0.25, -0.2) is 9.78 Å². The maximum absolute atomic E-state index is 12.4. The second-order valence-corrected chi connectivity index (χ2v) is 7.04. The number of carbonyl (C=O) groups is 1. The maximum atomic E-state index is 12.4. The summed E-state index contributed by atoms with van der Waals surface area (Å²) in [4.78, 5) is 18.6. The van der Waals surface area contributed by atoms with Gasteiger partial charge >= 0.3 is 6.09 Å². The predicted molar refractivity (Wildman–Crippen MR) is 90.1 cm³/mol. The number of nitrogen functional groups attached to an aromatic ring is 1. The molecule has 1 aromatic carbocycles. The van der Waals surface area contributed by atoms with E-state index in [-0.39, 0.29) is 12.1 Å². The second-order valence-electron chi connectivity index (χ2n) is 7.04. The van der Waals surface area contributed by atoms with Crippen molar-refractivity contribution in [2.75, 3.05) is 12.3 Å². The van der Waals surface area contributed by atoms with Gasteiger partial charge in [0.05, 0.1) is 17.1 Å². The number of hydrogen-bond donors (Lipinski definition) is 1. The highest BCUT2D eigenvalue weighted by molar-refractivity contribution is 5.78. The van der Waals surface area contributed by atoms with Gasteiger partial charge in [-0.15, -0.1) is 0 Å². The van der Waals surface area contributed by atoms with E-state index in [1.54, 1.807) is 0 Å². The van der Waals surface area contributed by atoms with Crippen molar-refractivity contribution in [1.82, 2.24) is 14.5 Å². The number of aromatic nitrogens is 2. The average Bonchev–Trinajstić information content (AvgIpc) is 3.03. The van der Waals surface area contributed by atoms with Crippen LogP contribution >= 0.6 is 0 Å². The molecule has 0 spiro atoms. The zero-order chi connectivity index (χ0) is 16.6. The molecule has 2 N–H and O–H groups in total. The Morgan fingerprint density at radius 3 is 2.87 bits per heavy atom. The van der Waals surface area contributed by atoms with Crippen LogP contribution in [0, 0.1) is 0 Å². The third-order valence-corrected chi connectivity index (χ3v) is 4.08. The molecule has 1 aliphatic heterocycles. The van der Waals surface area contributed by atoms with E-state index in [4.69, 9.17) is 10.5 Å². The minimum Gasteiger partial charge on any atom is -0.444 e. The van der Waals surface area contributed by atoms with Crippen LogP contribution in [-0.4, -0.2) is 38.7 Å². The molecule has 1 aliphatic rings. The van der Waals surface area contributed by atoms with Gasteiger partial charge in [-0.3, -0.25) is 0 Å². The highest BCUT2D eigenvalue weighted by Gasteiger charge is 2.32. The molecule has 1 fully saturated rings. The van der Waals surface area contributed by atoms with Crippen LogP contribution in [0.15, 0.2) is 24.3 Å². The number of carbonyl (C=O) groups excluding carboxylic acids is 1. The van der Waals surface area contributed by atoms with Gasteiger partial charge in [0.15, 0.2) is 0 Å². The summed E-state index contributed by atoms with van der Waals surface area (Å²) in [5.41, 5.74) is 7.47. The van der Waals surface area contributed by atoms with Crippen LogP contribution in [0.5, 0.6) is 0 Å². The zero-order valence-corrected chi connectivity index (χ0v) is 14.0. The van der Waals surface area contributed by atoms with Crippen LogP contribution < -0.4 is 5.73 Å². The van der Waals surface area contributed by atoms with Gasteiger partial charge in [0.25, 0.3) is 0 Å². The smallest absolute Gasteiger partial charge is 0.410 e. The first-order chi connectivity index (χ1) is 10.8. The van der Waals surface area contributed by atoms with Crippen molar-refractivity contribution in [3.8, 4) is 0 Å². The summed E-state index contributed by atoms with van der Waals surface area (Å²) in [6, 6.07) is 7.96. The van der Waals surface area contributed by atoms with Crippen molar-refractivity contribution < 1.29 is 9.53 Å². The first-order valence-electron chi connectivity index (χ1n) is 8.05. The van der Waals surface area contributed by atoms with Crippen LogP contribution in [0.1, 0.15) is 33.6 Å². The molecule has 0 radical (unpaired) electrons. The summed E-state index contributed by atoms with van der Waals surface area (Å²) in [7, 11) is 0. The monoisotopic (exact) mass is 316 g/mol. The van der Waals surface area contributed by atoms with Gasteiger partial charge in [0, 0.05) is 13.1 Å². The summed E-state index contributed by atoms with van der Waals surface area (Å²) >= 11 is 0. The van der Waals surface area contributed by atoms with E-state index in [9.17, 15) is 4.79 Å². The van der Waals surface area contributed by atoms with E-state index in [0.29, 0.717) is 12.5 Å². The molecule has 1 saturated heterocycles. The summed E-state index contributed by atoms with van der Waals surface area (Å²) < 4.78 is 7.51. The number of imidazole rings is 1. The fourth-order valence-corrected chi connectivity index (χ4v) is 3.08. The number of ether oxygens (including phenoxy) is 1. The minimum absolute atomic E-state index is 0.0877. The highest BCUT2D eigenvalue weighted by Crippen LogP contribution is 2.25. The van der Waals surface area contributed by atoms with Gasteiger partial charge in [-0.2, -0.15) is 0 Å². The molecule has 1 unspecified atom stereocenters. The van der Waals surface area contributed by atoms with E-state index in [1.807, 2.05) is 54.5 Å². The Bertz CT molecular complexity index is 717. The van der Waals surface area contributed by atoms with E-state index >= 15 is 0 Å². The van der Waals surface area contributed by atoms with Crippen LogP contribution in [0.4, 0.5) is 10.7 Å². The Morgan fingerprint density at radius 2 is 2.13 bits per heavy atom. The Kier molecular flexibility index (Phi) is 3.92. The molecule has 6 heteroatoms. The molecule has 124 valence electrons. The number of rotatable bonds is 2. The van der Waals surface area contributed by atoms with Gasteiger partial charge in [-0.1, -0.05) is 12.1 Å². The molecule has 0 bridgehead atoms. The van der Waals surface area contributed by atoms with Crippen molar-refractivity contribution in [3.63, 3.8) is 0 Å². The largest absolute Gasteiger partial charge is 0.444 e. The summed E-state index contributed by atoms with van der Waals surface area (Å²) in [5.74, 6) is 0.488. The molecule has 2 aromatic rings. The second kappa shape index (κ2) is 5.76. The Hall–Kier alpha value is -2.24. The standard InChI is InChI=1S/C17H24N4O2/c1-17(2,3)23-16(22)20-10-6-7-12(20)11-21-14-9-5-4-8-13(14)19-15(21)18/h4-5,8-9,12H,6-7,10-11H2,1-3H3,(H2,18,19). The van der Waals surface area contributed by atoms with Crippen molar-refractivity contribution in [3.05, 3.63) is 24.3 Å². The van der Waals surface area contributed by atoms with Crippen LogP contribution in [0.25, 0.3) is 11.0 Å². The van der Waals surface area contributed by atoms with Gasteiger partial charge in [-0.05, 0) is 45.7 Å². The van der Waals surface area contributed by atoms with E-state index in [2.05, 4.69) is 4.98 Å². The first kappa shape index (κ1) is 15.6. The van der Waals surface area contributed by atoms with Gasteiger partial charge in [0.2, 0.25) is 5.95 Å². The Balaban J connectivity index is 1.81. The minimum atomic E-state index is -0.481. The normalized spacial score (nSPS) is 18.6. The molecule has 1 atom stereocenters. The highest BCUT2D eigenvalue weighted by atomic mass is 16.6. The number of amides is 1. The lowest BCUT2D eigenvalue weighted by Gasteiger charge is -2.29. The van der Waals surface area contributed by atoms with Crippen LogP contribution in [-0.2, 0) is 11.3 Å². The van der Waals surface area contributed by atoms with Crippen LogP contribution in [0.2, 0.25) is 0 Å². The van der Waals surface area contributed by atoms with Crippen molar-refractivity contribution in [2.45, 2.75) is 51.8 Å². The molecule has 6 nitrogen and oxygen atoms in total. The lowest BCUT2D eigenvalue weighted by molar-refractivity contribution is 0.0215. The maximum Gasteiger partial charge on any atom is 0.410 e. The molecule has 0 saturated carbocycles. The quantitative estimate of drug-likeness (QED) is 0.924. The molecular weight excluding hydrogens is 292 g/mol. The molecule has 1 aromatic heterocycles. The number of nitrogens with two attached hydrogens (primary N) is 1. The lowest BCUT2D eigenvalue weighted by Crippen LogP contribution is -2.41. The predicted octanol–water partition coefficient (Wildman–Crippen LogP) is 3.02. The number of anilines is 1. The fourth-order valence-electron chi connectivity index (χ4n) is 3.08. The lowest BCUT2D eigenvalue weighted by atomic mass is 10.2. The molecule has 0 aliphatic carbocycles. The van der Waals surface area contributed by atoms with Crippen molar-refractivity contribution in [1.29, 1.82) is 0 Å². The van der Waals surface area contributed by atoms with Crippen LogP contribution in [0.3, 0.4) is 0 Å². The fraction of sp³-hybridized carbons (Fsp3) is 0.529.